The van der Waals surface area contributed by atoms with Crippen LogP contribution in [0.3, 0.4) is 0 Å². The highest BCUT2D eigenvalue weighted by Gasteiger charge is 2.19. The first-order valence-electron chi connectivity index (χ1n) is 5.50. The van der Waals surface area contributed by atoms with Crippen LogP contribution in [0, 0.1) is 0 Å². The molecule has 3 N–H and O–H groups in total. The van der Waals surface area contributed by atoms with Gasteiger partial charge in [0.25, 0.3) is 0 Å². The molecule has 1 heterocycles. The first kappa shape index (κ1) is 14.1. The Morgan fingerprint density at radius 1 is 1.37 bits per heavy atom. The number of benzene rings is 1. The quantitative estimate of drug-likeness (QED) is 0.750. The molecule has 1 atom stereocenters. The molecule has 5 nitrogen and oxygen atoms in total. The molecule has 0 saturated carbocycles. The van der Waals surface area contributed by atoms with Gasteiger partial charge in [-0.2, -0.15) is 0 Å². The number of carboxylic acid groups (broad SMARTS) is 1. The minimum Gasteiger partial charge on any atom is -0.465 e. The molecule has 1 unspecified atom stereocenters. The molecule has 100 valence electrons. The van der Waals surface area contributed by atoms with Crippen LogP contribution in [0.15, 0.2) is 39.5 Å². The lowest BCUT2D eigenvalue weighted by molar-refractivity contribution is 0.189. The minimum atomic E-state index is -1.08. The number of carbonyl (C=O) groups is 1. The molecular weight excluding hydrogens is 378 g/mol. The van der Waals surface area contributed by atoms with Crippen LogP contribution < -0.4 is 5.32 Å². The molecule has 2 aromatic rings. The molecule has 0 aliphatic heterocycles. The standard InChI is InChI=1S/C12H11Br2N3O2/c13-9-10(14)17-11(16-9)8(15-12(18)19)6-7-4-2-1-3-5-7/h1-5,8,15H,6H2,(H,16,17)(H,18,19). The normalized spacial score (nSPS) is 12.1. The van der Waals surface area contributed by atoms with Gasteiger partial charge in [-0.3, -0.25) is 0 Å². The minimum absolute atomic E-state index is 0.428. The summed E-state index contributed by atoms with van der Waals surface area (Å²) in [6.07, 6.45) is -0.552. The van der Waals surface area contributed by atoms with Crippen molar-refractivity contribution in [2.75, 3.05) is 0 Å². The smallest absolute Gasteiger partial charge is 0.405 e. The van der Waals surface area contributed by atoms with E-state index in [1.54, 1.807) is 0 Å². The van der Waals surface area contributed by atoms with E-state index in [1.165, 1.54) is 0 Å². The predicted octanol–water partition coefficient (Wildman–Crippen LogP) is 3.49. The van der Waals surface area contributed by atoms with Gasteiger partial charge in [0.15, 0.2) is 0 Å². The molecule has 0 saturated heterocycles. The average Bonchev–Trinajstić information content (AvgIpc) is 2.70. The molecule has 0 spiro atoms. The Labute approximate surface area is 126 Å². The molecule has 0 aliphatic carbocycles. The van der Waals surface area contributed by atoms with Crippen molar-refractivity contribution in [3.05, 3.63) is 50.9 Å². The van der Waals surface area contributed by atoms with Crippen molar-refractivity contribution in [2.45, 2.75) is 12.5 Å². The third-order valence-electron chi connectivity index (χ3n) is 2.55. The number of hydrogen-bond donors (Lipinski definition) is 3. The van der Waals surface area contributed by atoms with Gasteiger partial charge in [0, 0.05) is 6.42 Å². The Morgan fingerprint density at radius 3 is 2.58 bits per heavy atom. The molecule has 1 amide bonds. The number of amides is 1. The second-order valence-corrected chi connectivity index (χ2v) is 5.46. The van der Waals surface area contributed by atoms with Crippen LogP contribution in [0.25, 0.3) is 0 Å². The largest absolute Gasteiger partial charge is 0.465 e. The summed E-state index contributed by atoms with van der Waals surface area (Å²) >= 11 is 6.57. The number of nitrogens with one attached hydrogen (secondary N) is 2. The van der Waals surface area contributed by atoms with E-state index in [-0.39, 0.29) is 0 Å². The lowest BCUT2D eigenvalue weighted by Gasteiger charge is -2.14. The number of aromatic amines is 1. The molecule has 7 heteroatoms. The lowest BCUT2D eigenvalue weighted by atomic mass is 10.1. The summed E-state index contributed by atoms with van der Waals surface area (Å²) in [5, 5.41) is 11.4. The summed E-state index contributed by atoms with van der Waals surface area (Å²) in [5.41, 5.74) is 1.03. The van der Waals surface area contributed by atoms with E-state index in [2.05, 4.69) is 47.1 Å². The maximum atomic E-state index is 10.9. The van der Waals surface area contributed by atoms with Gasteiger partial charge in [0.05, 0.1) is 6.04 Å². The average molecular weight is 389 g/mol. The fourth-order valence-corrected chi connectivity index (χ4v) is 2.31. The van der Waals surface area contributed by atoms with Crippen molar-refractivity contribution in [3.8, 4) is 0 Å². The first-order chi connectivity index (χ1) is 9.06. The molecule has 1 aromatic heterocycles. The molecule has 0 radical (unpaired) electrons. The number of hydrogen-bond acceptors (Lipinski definition) is 2. The number of H-pyrrole nitrogens is 1. The molecular formula is C12H11Br2N3O2. The van der Waals surface area contributed by atoms with Crippen LogP contribution in [0.5, 0.6) is 0 Å². The molecule has 0 fully saturated rings. The summed E-state index contributed by atoms with van der Waals surface area (Å²) in [7, 11) is 0. The maximum absolute atomic E-state index is 10.9. The highest BCUT2D eigenvalue weighted by atomic mass is 79.9. The summed E-state index contributed by atoms with van der Waals surface area (Å²) in [6.45, 7) is 0. The van der Waals surface area contributed by atoms with Gasteiger partial charge in [0.1, 0.15) is 15.0 Å². The SMILES string of the molecule is O=C(O)NC(Cc1ccccc1)c1nc(Br)c(Br)[nH]1. The van der Waals surface area contributed by atoms with Crippen molar-refractivity contribution in [3.63, 3.8) is 0 Å². The zero-order chi connectivity index (χ0) is 13.8. The number of imidazole rings is 1. The molecule has 0 aliphatic rings. The van der Waals surface area contributed by atoms with Crippen molar-refractivity contribution in [1.82, 2.24) is 15.3 Å². The van der Waals surface area contributed by atoms with Crippen LogP contribution in [0.1, 0.15) is 17.4 Å². The maximum Gasteiger partial charge on any atom is 0.405 e. The third-order valence-corrected chi connectivity index (χ3v) is 4.23. The third kappa shape index (κ3) is 3.81. The van der Waals surface area contributed by atoms with E-state index in [4.69, 9.17) is 5.11 Å². The Balaban J connectivity index is 2.23. The number of rotatable bonds is 4. The highest BCUT2D eigenvalue weighted by molar-refractivity contribution is 9.13. The van der Waals surface area contributed by atoms with E-state index in [0.717, 1.165) is 5.56 Å². The predicted molar refractivity (Wildman–Crippen MR) is 78.0 cm³/mol. The summed E-state index contributed by atoms with van der Waals surface area (Å²) in [6, 6.07) is 9.22. The van der Waals surface area contributed by atoms with Crippen LogP contribution in [0.4, 0.5) is 4.79 Å². The van der Waals surface area contributed by atoms with Gasteiger partial charge >= 0.3 is 6.09 Å². The van der Waals surface area contributed by atoms with E-state index in [1.807, 2.05) is 30.3 Å². The second-order valence-electron chi connectivity index (χ2n) is 3.92. The monoisotopic (exact) mass is 387 g/mol. The Hall–Kier alpha value is -1.34. The first-order valence-corrected chi connectivity index (χ1v) is 7.09. The number of nitrogens with zero attached hydrogens (tertiary/aromatic N) is 1. The summed E-state index contributed by atoms with van der Waals surface area (Å²) < 4.78 is 1.31. The fourth-order valence-electron chi connectivity index (χ4n) is 1.73. The Morgan fingerprint density at radius 2 is 2.05 bits per heavy atom. The van der Waals surface area contributed by atoms with Crippen LogP contribution in [-0.2, 0) is 6.42 Å². The van der Waals surface area contributed by atoms with Crippen LogP contribution in [0.2, 0.25) is 0 Å². The van der Waals surface area contributed by atoms with Gasteiger partial charge in [-0.15, -0.1) is 0 Å². The van der Waals surface area contributed by atoms with Crippen molar-refractivity contribution >= 4 is 38.0 Å². The molecule has 19 heavy (non-hydrogen) atoms. The van der Waals surface area contributed by atoms with Gasteiger partial charge in [-0.25, -0.2) is 9.78 Å². The van der Waals surface area contributed by atoms with Gasteiger partial charge in [0.2, 0.25) is 0 Å². The van der Waals surface area contributed by atoms with Gasteiger partial charge < -0.3 is 15.4 Å². The van der Waals surface area contributed by atoms with Crippen LogP contribution in [-0.4, -0.2) is 21.2 Å². The molecule has 1 aromatic carbocycles. The van der Waals surface area contributed by atoms with E-state index in [9.17, 15) is 4.79 Å². The lowest BCUT2D eigenvalue weighted by Crippen LogP contribution is -2.29. The zero-order valence-corrected chi connectivity index (χ0v) is 12.9. The summed E-state index contributed by atoms with van der Waals surface area (Å²) in [4.78, 5) is 18.1. The van der Waals surface area contributed by atoms with E-state index in [0.29, 0.717) is 21.5 Å². The fraction of sp³-hybridized carbons (Fsp3) is 0.167. The van der Waals surface area contributed by atoms with E-state index >= 15 is 0 Å². The van der Waals surface area contributed by atoms with Crippen molar-refractivity contribution in [2.24, 2.45) is 0 Å². The van der Waals surface area contributed by atoms with Crippen molar-refractivity contribution in [1.29, 1.82) is 0 Å². The highest BCUT2D eigenvalue weighted by Crippen LogP contribution is 2.24. The Kier molecular flexibility index (Phi) is 4.60. The number of aromatic nitrogens is 2. The van der Waals surface area contributed by atoms with E-state index < -0.39 is 12.1 Å². The number of halogens is 2. The van der Waals surface area contributed by atoms with Crippen LogP contribution >= 0.6 is 31.9 Å². The Bertz CT molecular complexity index is 552. The second kappa shape index (κ2) is 6.21. The summed E-state index contributed by atoms with van der Waals surface area (Å²) in [5.74, 6) is 0.560. The van der Waals surface area contributed by atoms with Gasteiger partial charge in [-0.05, 0) is 37.4 Å². The van der Waals surface area contributed by atoms with Gasteiger partial charge in [-0.1, -0.05) is 30.3 Å². The molecule has 2 rings (SSSR count). The van der Waals surface area contributed by atoms with Crippen molar-refractivity contribution < 1.29 is 9.90 Å². The topological polar surface area (TPSA) is 78.0 Å². The molecule has 0 bridgehead atoms. The zero-order valence-electron chi connectivity index (χ0n) is 9.73.